The van der Waals surface area contributed by atoms with Crippen LogP contribution in [0.3, 0.4) is 0 Å². The maximum Gasteiger partial charge on any atom is 0.276 e. The molecule has 0 radical (unpaired) electrons. The molecule has 7 nitrogen and oxygen atoms in total. The molecule has 1 atom stereocenters. The Labute approximate surface area is 207 Å². The molecule has 2 aromatic rings. The Morgan fingerprint density at radius 1 is 1.03 bits per heavy atom. The number of fused-ring (bicyclic) bond motifs is 2. The van der Waals surface area contributed by atoms with Crippen LogP contribution in [-0.2, 0) is 24.1 Å². The molecule has 35 heavy (non-hydrogen) atoms. The van der Waals surface area contributed by atoms with Gasteiger partial charge in [-0.2, -0.15) is 0 Å². The van der Waals surface area contributed by atoms with Crippen molar-refractivity contribution in [2.45, 2.75) is 83.6 Å². The summed E-state index contributed by atoms with van der Waals surface area (Å²) >= 11 is 0. The highest BCUT2D eigenvalue weighted by Crippen LogP contribution is 2.38. The highest BCUT2D eigenvalue weighted by molar-refractivity contribution is 5.94. The van der Waals surface area contributed by atoms with E-state index in [0.717, 1.165) is 74.9 Å². The van der Waals surface area contributed by atoms with E-state index in [9.17, 15) is 9.59 Å². The number of ether oxygens (including phenoxy) is 1. The van der Waals surface area contributed by atoms with Gasteiger partial charge in [-0.1, -0.05) is 36.2 Å². The largest absolute Gasteiger partial charge is 0.491 e. The van der Waals surface area contributed by atoms with Crippen LogP contribution < -0.4 is 10.1 Å². The molecule has 7 heteroatoms. The van der Waals surface area contributed by atoms with Gasteiger partial charge in [0.05, 0.1) is 11.5 Å². The Kier molecular flexibility index (Phi) is 7.12. The van der Waals surface area contributed by atoms with Crippen molar-refractivity contribution in [3.8, 4) is 5.75 Å². The highest BCUT2D eigenvalue weighted by atomic mass is 16.5. The van der Waals surface area contributed by atoms with Gasteiger partial charge in [0.15, 0.2) is 5.69 Å². The topological polar surface area (TPSA) is 84.7 Å². The van der Waals surface area contributed by atoms with Crippen molar-refractivity contribution in [1.82, 2.24) is 15.4 Å². The molecule has 3 heterocycles. The molecule has 1 fully saturated rings. The molecule has 1 saturated heterocycles. The van der Waals surface area contributed by atoms with Crippen LogP contribution in [0.25, 0.3) is 0 Å². The number of nitrogens with zero attached hydrogens (tertiary/aromatic N) is 2. The summed E-state index contributed by atoms with van der Waals surface area (Å²) in [6.45, 7) is 3.58. The molecule has 2 amide bonds. The molecular formula is C28H37N3O4. The summed E-state index contributed by atoms with van der Waals surface area (Å²) in [6, 6.07) is 8.11. The first-order valence-corrected chi connectivity index (χ1v) is 13.3. The van der Waals surface area contributed by atoms with E-state index in [1.807, 2.05) is 24.0 Å². The number of aromatic nitrogens is 1. The summed E-state index contributed by atoms with van der Waals surface area (Å²) < 4.78 is 11.6. The first-order valence-electron chi connectivity index (χ1n) is 13.3. The summed E-state index contributed by atoms with van der Waals surface area (Å²) in [7, 11) is 0. The second-order valence-electron chi connectivity index (χ2n) is 10.6. The van der Waals surface area contributed by atoms with Crippen molar-refractivity contribution in [2.75, 3.05) is 19.7 Å². The van der Waals surface area contributed by atoms with E-state index in [1.165, 1.54) is 5.56 Å². The SMILES string of the molecule is C[C@@H]1COc2ccccc2CCCCC2(CCN(C(=O)c3noc4c3CCCCC4)CC2)C(=O)N1. The quantitative estimate of drug-likeness (QED) is 0.610. The fraction of sp³-hybridized carbons (Fsp3) is 0.607. The number of carbonyl (C=O) groups excluding carboxylic acids is 2. The molecule has 2 aliphatic heterocycles. The zero-order valence-electron chi connectivity index (χ0n) is 20.8. The number of piperidine rings is 1. The molecular weight excluding hydrogens is 442 g/mol. The number of nitrogens with one attached hydrogen (secondary N) is 1. The van der Waals surface area contributed by atoms with Gasteiger partial charge >= 0.3 is 0 Å². The number of hydrogen-bond donors (Lipinski definition) is 1. The average molecular weight is 480 g/mol. The Bertz CT molecular complexity index is 1050. The van der Waals surface area contributed by atoms with Crippen molar-refractivity contribution in [3.63, 3.8) is 0 Å². The van der Waals surface area contributed by atoms with E-state index in [0.29, 0.717) is 38.2 Å². The number of benzene rings is 1. The molecule has 1 aromatic carbocycles. The first-order chi connectivity index (χ1) is 17.1. The Morgan fingerprint density at radius 2 is 1.80 bits per heavy atom. The van der Waals surface area contributed by atoms with Gasteiger partial charge in [0.25, 0.3) is 5.91 Å². The normalized spacial score (nSPS) is 23.1. The summed E-state index contributed by atoms with van der Waals surface area (Å²) in [5.41, 5.74) is 2.29. The second kappa shape index (κ2) is 10.4. The van der Waals surface area contributed by atoms with Gasteiger partial charge in [-0.25, -0.2) is 0 Å². The van der Waals surface area contributed by atoms with Crippen LogP contribution in [-0.4, -0.2) is 47.6 Å². The third-order valence-electron chi connectivity index (χ3n) is 8.08. The van der Waals surface area contributed by atoms with Crippen molar-refractivity contribution in [2.24, 2.45) is 5.41 Å². The number of aryl methyl sites for hydroxylation is 2. The van der Waals surface area contributed by atoms with Gasteiger partial charge in [-0.3, -0.25) is 9.59 Å². The number of amides is 2. The minimum Gasteiger partial charge on any atom is -0.491 e. The van der Waals surface area contributed by atoms with Crippen LogP contribution in [0.1, 0.15) is 85.7 Å². The van der Waals surface area contributed by atoms with Gasteiger partial charge in [-0.15, -0.1) is 0 Å². The Hall–Kier alpha value is -2.83. The lowest BCUT2D eigenvalue weighted by Crippen LogP contribution is -2.52. The molecule has 1 aliphatic carbocycles. The second-order valence-corrected chi connectivity index (χ2v) is 10.6. The van der Waals surface area contributed by atoms with E-state index in [2.05, 4.69) is 22.6 Å². The minimum absolute atomic E-state index is 0.0429. The van der Waals surface area contributed by atoms with Crippen molar-refractivity contribution in [1.29, 1.82) is 0 Å². The molecule has 188 valence electrons. The van der Waals surface area contributed by atoms with Gasteiger partial charge in [0.2, 0.25) is 5.91 Å². The van der Waals surface area contributed by atoms with E-state index < -0.39 is 5.41 Å². The van der Waals surface area contributed by atoms with Crippen LogP contribution in [0, 0.1) is 5.41 Å². The maximum atomic E-state index is 13.5. The average Bonchev–Trinajstić information content (AvgIpc) is 3.13. The third kappa shape index (κ3) is 5.09. The van der Waals surface area contributed by atoms with Crippen LogP contribution in [0.4, 0.5) is 0 Å². The van der Waals surface area contributed by atoms with Crippen molar-refractivity contribution >= 4 is 11.8 Å². The summed E-state index contributed by atoms with van der Waals surface area (Å²) in [6.07, 6.45) is 10.2. The highest BCUT2D eigenvalue weighted by Gasteiger charge is 2.43. The Morgan fingerprint density at radius 3 is 2.66 bits per heavy atom. The smallest absolute Gasteiger partial charge is 0.276 e. The standard InChI is InChI=1S/C28H37N3O4/c1-20-19-34-23-12-6-5-9-21(23)10-7-8-14-28(27(33)29-20)15-17-31(18-16-28)26(32)25-22-11-3-2-4-13-24(22)35-30-25/h5-6,9,12,20H,2-4,7-8,10-11,13-19H2,1H3,(H,29,33)/t20-/m1/s1. The maximum absolute atomic E-state index is 13.5. The van der Waals surface area contributed by atoms with Gasteiger partial charge < -0.3 is 19.5 Å². The summed E-state index contributed by atoms with van der Waals surface area (Å²) in [5, 5.41) is 7.39. The number of likely N-dealkylation sites (tertiary alicyclic amines) is 1. The summed E-state index contributed by atoms with van der Waals surface area (Å²) in [5.74, 6) is 1.86. The van der Waals surface area contributed by atoms with Crippen LogP contribution >= 0.6 is 0 Å². The fourth-order valence-electron chi connectivity index (χ4n) is 5.87. The summed E-state index contributed by atoms with van der Waals surface area (Å²) in [4.78, 5) is 28.7. The van der Waals surface area contributed by atoms with E-state index in [1.54, 1.807) is 0 Å². The molecule has 1 spiro atoms. The predicted molar refractivity (Wildman–Crippen MR) is 132 cm³/mol. The minimum atomic E-state index is -0.440. The molecule has 0 saturated carbocycles. The Balaban J connectivity index is 1.27. The lowest BCUT2D eigenvalue weighted by atomic mass is 9.73. The monoisotopic (exact) mass is 479 g/mol. The molecule has 5 rings (SSSR count). The number of para-hydroxylation sites is 1. The first kappa shape index (κ1) is 23.9. The van der Waals surface area contributed by atoms with Gasteiger partial charge in [0.1, 0.15) is 18.1 Å². The molecule has 0 unspecified atom stereocenters. The lowest BCUT2D eigenvalue weighted by molar-refractivity contribution is -0.135. The molecule has 1 aromatic heterocycles. The zero-order chi connectivity index (χ0) is 24.3. The van der Waals surface area contributed by atoms with Crippen LogP contribution in [0.5, 0.6) is 5.75 Å². The number of hydrogen-bond acceptors (Lipinski definition) is 5. The number of rotatable bonds is 1. The van der Waals surface area contributed by atoms with Crippen LogP contribution in [0.2, 0.25) is 0 Å². The van der Waals surface area contributed by atoms with E-state index >= 15 is 0 Å². The van der Waals surface area contributed by atoms with Gasteiger partial charge in [-0.05, 0) is 69.9 Å². The number of carbonyl (C=O) groups is 2. The third-order valence-corrected chi connectivity index (χ3v) is 8.08. The lowest BCUT2D eigenvalue weighted by Gasteiger charge is -2.41. The molecule has 1 N–H and O–H groups in total. The molecule has 3 aliphatic rings. The fourth-order valence-corrected chi connectivity index (χ4v) is 5.87. The predicted octanol–water partition coefficient (Wildman–Crippen LogP) is 4.48. The van der Waals surface area contributed by atoms with E-state index in [4.69, 9.17) is 9.26 Å². The molecule has 0 bridgehead atoms. The van der Waals surface area contributed by atoms with Gasteiger partial charge in [0, 0.05) is 25.1 Å². The van der Waals surface area contributed by atoms with Crippen LogP contribution in [0.15, 0.2) is 28.8 Å². The van der Waals surface area contributed by atoms with E-state index in [-0.39, 0.29) is 17.9 Å². The van der Waals surface area contributed by atoms with Crippen molar-refractivity contribution < 1.29 is 18.8 Å². The van der Waals surface area contributed by atoms with Crippen molar-refractivity contribution in [3.05, 3.63) is 46.8 Å². The zero-order valence-corrected chi connectivity index (χ0v) is 20.8.